The van der Waals surface area contributed by atoms with Crippen molar-refractivity contribution in [2.45, 2.75) is 57.2 Å². The molecule has 2 atom stereocenters. The number of rotatable bonds is 6. The number of aliphatic hydroxyl groups excluding tert-OH is 1. The van der Waals surface area contributed by atoms with Crippen molar-refractivity contribution < 1.29 is 9.84 Å². The molecule has 4 rings (SSSR count). The third kappa shape index (κ3) is 4.41. The zero-order valence-corrected chi connectivity index (χ0v) is 16.0. The highest BCUT2D eigenvalue weighted by Gasteiger charge is 2.43. The van der Waals surface area contributed by atoms with Gasteiger partial charge in [0.15, 0.2) is 0 Å². The fourth-order valence-electron chi connectivity index (χ4n) is 5.14. The first-order valence-corrected chi connectivity index (χ1v) is 10.5. The molecule has 1 aliphatic carbocycles. The van der Waals surface area contributed by atoms with E-state index in [1.165, 1.54) is 50.6 Å². The number of para-hydroxylation sites is 1. The van der Waals surface area contributed by atoms with Crippen LogP contribution >= 0.6 is 0 Å². The van der Waals surface area contributed by atoms with Crippen molar-refractivity contribution in [1.82, 2.24) is 4.90 Å². The number of benzene rings is 1. The SMILES string of the molecule is OC(COC1CCCCC1)CN1CCC2(CCN(c3ccccc3)C2)C1. The molecule has 1 N–H and O–H groups in total. The highest BCUT2D eigenvalue weighted by atomic mass is 16.5. The quantitative estimate of drug-likeness (QED) is 0.846. The molecule has 4 heteroatoms. The van der Waals surface area contributed by atoms with Crippen molar-refractivity contribution in [1.29, 1.82) is 0 Å². The molecule has 1 aromatic carbocycles. The van der Waals surface area contributed by atoms with Gasteiger partial charge in [-0.2, -0.15) is 0 Å². The van der Waals surface area contributed by atoms with Crippen molar-refractivity contribution in [3.63, 3.8) is 0 Å². The van der Waals surface area contributed by atoms with Crippen LogP contribution in [-0.4, -0.2) is 61.5 Å². The number of likely N-dealkylation sites (tertiary alicyclic amines) is 1. The molecule has 3 aliphatic rings. The molecule has 2 saturated heterocycles. The number of β-amino-alcohol motifs (C(OH)–C–C–N with tert-alkyl or cyclic N) is 1. The van der Waals surface area contributed by atoms with Gasteiger partial charge in [0.05, 0.1) is 18.8 Å². The van der Waals surface area contributed by atoms with Crippen molar-refractivity contribution >= 4 is 5.69 Å². The van der Waals surface area contributed by atoms with Gasteiger partial charge in [0.25, 0.3) is 0 Å². The lowest BCUT2D eigenvalue weighted by molar-refractivity contribution is -0.0321. The van der Waals surface area contributed by atoms with E-state index in [1.54, 1.807) is 0 Å². The molecule has 2 aliphatic heterocycles. The molecule has 3 fully saturated rings. The Labute approximate surface area is 158 Å². The Morgan fingerprint density at radius 3 is 2.62 bits per heavy atom. The average molecular weight is 359 g/mol. The van der Waals surface area contributed by atoms with E-state index in [0.29, 0.717) is 18.1 Å². The minimum absolute atomic E-state index is 0.348. The molecule has 0 aromatic heterocycles. The minimum atomic E-state index is -0.348. The van der Waals surface area contributed by atoms with Crippen LogP contribution in [-0.2, 0) is 4.74 Å². The predicted octanol–water partition coefficient (Wildman–Crippen LogP) is 3.30. The highest BCUT2D eigenvalue weighted by Crippen LogP contribution is 2.41. The second kappa shape index (κ2) is 8.28. The summed E-state index contributed by atoms with van der Waals surface area (Å²) in [5.74, 6) is 0. The van der Waals surface area contributed by atoms with Gasteiger partial charge in [0.2, 0.25) is 0 Å². The number of nitrogens with zero attached hydrogens (tertiary/aromatic N) is 2. The summed E-state index contributed by atoms with van der Waals surface area (Å²) in [6.45, 7) is 5.82. The molecule has 26 heavy (non-hydrogen) atoms. The first-order chi connectivity index (χ1) is 12.7. The van der Waals surface area contributed by atoms with Crippen LogP contribution in [0.25, 0.3) is 0 Å². The van der Waals surface area contributed by atoms with Crippen LogP contribution < -0.4 is 4.90 Å². The molecular formula is C22H34N2O2. The van der Waals surface area contributed by atoms with E-state index < -0.39 is 0 Å². The van der Waals surface area contributed by atoms with Crippen LogP contribution in [0.2, 0.25) is 0 Å². The number of ether oxygens (including phenoxy) is 1. The smallest absolute Gasteiger partial charge is 0.0900 e. The van der Waals surface area contributed by atoms with Crippen LogP contribution in [0.4, 0.5) is 5.69 Å². The van der Waals surface area contributed by atoms with Crippen LogP contribution in [0, 0.1) is 5.41 Å². The third-order valence-corrected chi connectivity index (χ3v) is 6.62. The molecule has 144 valence electrons. The van der Waals surface area contributed by atoms with Crippen LogP contribution in [0.1, 0.15) is 44.9 Å². The number of anilines is 1. The molecule has 0 radical (unpaired) electrons. The summed E-state index contributed by atoms with van der Waals surface area (Å²) in [7, 11) is 0. The lowest BCUT2D eigenvalue weighted by Gasteiger charge is -2.27. The maximum absolute atomic E-state index is 10.4. The first-order valence-electron chi connectivity index (χ1n) is 10.5. The summed E-state index contributed by atoms with van der Waals surface area (Å²) in [4.78, 5) is 5.00. The van der Waals surface area contributed by atoms with E-state index in [-0.39, 0.29) is 6.10 Å². The van der Waals surface area contributed by atoms with E-state index in [2.05, 4.69) is 40.1 Å². The van der Waals surface area contributed by atoms with Crippen molar-refractivity contribution in [3.05, 3.63) is 30.3 Å². The van der Waals surface area contributed by atoms with Gasteiger partial charge < -0.3 is 19.6 Å². The Balaban J connectivity index is 1.22. The maximum atomic E-state index is 10.4. The van der Waals surface area contributed by atoms with Gasteiger partial charge in [-0.1, -0.05) is 37.5 Å². The normalized spacial score (nSPS) is 28.9. The number of hydrogen-bond acceptors (Lipinski definition) is 4. The Morgan fingerprint density at radius 2 is 1.81 bits per heavy atom. The van der Waals surface area contributed by atoms with Gasteiger partial charge in [-0.3, -0.25) is 0 Å². The average Bonchev–Trinajstić information content (AvgIpc) is 3.28. The first kappa shape index (κ1) is 18.3. The molecule has 2 unspecified atom stereocenters. The van der Waals surface area contributed by atoms with E-state index in [1.807, 2.05) is 0 Å². The van der Waals surface area contributed by atoms with E-state index >= 15 is 0 Å². The molecule has 2 heterocycles. The second-order valence-corrected chi connectivity index (χ2v) is 8.74. The molecule has 1 spiro atoms. The monoisotopic (exact) mass is 358 g/mol. The summed E-state index contributed by atoms with van der Waals surface area (Å²) in [5, 5.41) is 10.4. The van der Waals surface area contributed by atoms with Crippen LogP contribution in [0.15, 0.2) is 30.3 Å². The summed E-state index contributed by atoms with van der Waals surface area (Å²) in [6.07, 6.45) is 8.83. The van der Waals surface area contributed by atoms with Crippen molar-refractivity contribution in [2.75, 3.05) is 44.2 Å². The van der Waals surface area contributed by atoms with Gasteiger partial charge in [-0.05, 0) is 44.4 Å². The summed E-state index contributed by atoms with van der Waals surface area (Å²) in [5.41, 5.74) is 1.77. The lowest BCUT2D eigenvalue weighted by atomic mass is 9.86. The zero-order valence-electron chi connectivity index (χ0n) is 16.0. The highest BCUT2D eigenvalue weighted by molar-refractivity contribution is 5.47. The topological polar surface area (TPSA) is 35.9 Å². The fraction of sp³-hybridized carbons (Fsp3) is 0.727. The summed E-state index contributed by atoms with van der Waals surface area (Å²) in [6, 6.07) is 10.8. The van der Waals surface area contributed by atoms with Gasteiger partial charge in [-0.15, -0.1) is 0 Å². The summed E-state index contributed by atoms with van der Waals surface area (Å²) < 4.78 is 5.96. The van der Waals surface area contributed by atoms with Crippen molar-refractivity contribution in [3.8, 4) is 0 Å². The van der Waals surface area contributed by atoms with Crippen LogP contribution in [0.3, 0.4) is 0 Å². The zero-order chi connectivity index (χ0) is 17.8. The molecule has 0 amide bonds. The Bertz CT molecular complexity index is 561. The standard InChI is InChI=1S/C22H34N2O2/c25-20(16-26-21-9-5-2-6-10-21)15-23-13-11-22(17-23)12-14-24(18-22)19-7-3-1-4-8-19/h1,3-4,7-8,20-21,25H,2,5-6,9-18H2. The Kier molecular flexibility index (Phi) is 5.82. The van der Waals surface area contributed by atoms with Gasteiger partial charge in [0.1, 0.15) is 0 Å². The van der Waals surface area contributed by atoms with E-state index in [0.717, 1.165) is 32.7 Å². The lowest BCUT2D eigenvalue weighted by Crippen LogP contribution is -2.37. The molecule has 1 saturated carbocycles. The molecular weight excluding hydrogens is 324 g/mol. The maximum Gasteiger partial charge on any atom is 0.0900 e. The molecule has 1 aromatic rings. The Hall–Kier alpha value is -1.10. The third-order valence-electron chi connectivity index (χ3n) is 6.62. The number of hydrogen-bond donors (Lipinski definition) is 1. The van der Waals surface area contributed by atoms with Gasteiger partial charge in [0, 0.05) is 37.3 Å². The number of aliphatic hydroxyl groups is 1. The van der Waals surface area contributed by atoms with E-state index in [4.69, 9.17) is 4.74 Å². The predicted molar refractivity (Wildman–Crippen MR) is 106 cm³/mol. The fourth-order valence-corrected chi connectivity index (χ4v) is 5.14. The van der Waals surface area contributed by atoms with Crippen LogP contribution in [0.5, 0.6) is 0 Å². The molecule has 0 bridgehead atoms. The minimum Gasteiger partial charge on any atom is -0.389 e. The largest absolute Gasteiger partial charge is 0.389 e. The van der Waals surface area contributed by atoms with Gasteiger partial charge >= 0.3 is 0 Å². The Morgan fingerprint density at radius 1 is 1.04 bits per heavy atom. The molecule has 4 nitrogen and oxygen atoms in total. The summed E-state index contributed by atoms with van der Waals surface area (Å²) >= 11 is 0. The second-order valence-electron chi connectivity index (χ2n) is 8.74. The van der Waals surface area contributed by atoms with Gasteiger partial charge in [-0.25, -0.2) is 0 Å². The van der Waals surface area contributed by atoms with Crippen molar-refractivity contribution in [2.24, 2.45) is 5.41 Å². The van der Waals surface area contributed by atoms with E-state index in [9.17, 15) is 5.11 Å².